The van der Waals surface area contributed by atoms with Crippen molar-refractivity contribution in [2.24, 2.45) is 0 Å². The second-order valence-electron chi connectivity index (χ2n) is 10.9. The highest BCUT2D eigenvalue weighted by Crippen LogP contribution is 2.45. The first kappa shape index (κ1) is 22.9. The summed E-state index contributed by atoms with van der Waals surface area (Å²) < 4.78 is 0. The summed E-state index contributed by atoms with van der Waals surface area (Å²) in [4.78, 5) is 11.7. The van der Waals surface area contributed by atoms with Crippen molar-refractivity contribution in [1.29, 1.82) is 0 Å². The van der Waals surface area contributed by atoms with Crippen LogP contribution in [0, 0.1) is 0 Å². The van der Waals surface area contributed by atoms with Crippen molar-refractivity contribution in [2.45, 2.75) is 19.8 Å². The van der Waals surface area contributed by atoms with Gasteiger partial charge in [0, 0.05) is 39.9 Å². The molecule has 0 saturated heterocycles. The van der Waals surface area contributed by atoms with E-state index >= 15 is 0 Å². The van der Waals surface area contributed by atoms with E-state index in [1.54, 1.807) is 0 Å². The zero-order chi connectivity index (χ0) is 26.8. The van der Waals surface area contributed by atoms with Crippen molar-refractivity contribution in [3.05, 3.63) is 127 Å². The lowest BCUT2D eigenvalue weighted by Gasteiger charge is -2.28. The van der Waals surface area contributed by atoms with Gasteiger partial charge in [-0.2, -0.15) is 0 Å². The summed E-state index contributed by atoms with van der Waals surface area (Å²) in [5.74, 6) is 0.454. The van der Waals surface area contributed by atoms with Crippen molar-refractivity contribution in [3.8, 4) is 0 Å². The Hall–Kier alpha value is -5.02. The van der Waals surface area contributed by atoms with Gasteiger partial charge in [-0.3, -0.25) is 9.97 Å². The molecule has 0 aliphatic carbocycles. The molecule has 0 aliphatic rings. The first-order chi connectivity index (χ1) is 19.7. The average Bonchev–Trinajstić information content (AvgIpc) is 3.00. The third kappa shape index (κ3) is 3.44. The van der Waals surface area contributed by atoms with Crippen LogP contribution in [0.25, 0.3) is 54.1 Å². The van der Waals surface area contributed by atoms with Crippen molar-refractivity contribution < 1.29 is 0 Å². The van der Waals surface area contributed by atoms with Gasteiger partial charge in [0.1, 0.15) is 0 Å². The molecule has 0 radical (unpaired) electrons. The zero-order valence-electron chi connectivity index (χ0n) is 22.5. The number of benzene rings is 6. The van der Waals surface area contributed by atoms with Crippen molar-refractivity contribution >= 4 is 71.2 Å². The number of fused-ring (bicyclic) bond motifs is 2. The van der Waals surface area contributed by atoms with Crippen LogP contribution in [-0.4, -0.2) is 9.97 Å². The number of anilines is 3. The van der Waals surface area contributed by atoms with E-state index in [2.05, 4.69) is 126 Å². The molecular formula is C37H27N3. The van der Waals surface area contributed by atoms with Gasteiger partial charge in [-0.1, -0.05) is 80.6 Å². The van der Waals surface area contributed by atoms with Crippen LogP contribution in [-0.2, 0) is 0 Å². The van der Waals surface area contributed by atoms with E-state index < -0.39 is 0 Å². The molecule has 0 bridgehead atoms. The molecule has 2 heterocycles. The first-order valence-corrected chi connectivity index (χ1v) is 13.9. The molecule has 0 N–H and O–H groups in total. The van der Waals surface area contributed by atoms with Crippen LogP contribution in [0.2, 0.25) is 0 Å². The molecule has 8 rings (SSSR count). The molecule has 0 spiro atoms. The Balaban J connectivity index is 1.46. The minimum atomic E-state index is 0.454. The third-order valence-electron chi connectivity index (χ3n) is 8.23. The van der Waals surface area contributed by atoms with Crippen LogP contribution in [0.5, 0.6) is 0 Å². The Morgan fingerprint density at radius 1 is 0.525 bits per heavy atom. The first-order valence-electron chi connectivity index (χ1n) is 13.9. The van der Waals surface area contributed by atoms with E-state index in [1.165, 1.54) is 37.9 Å². The number of nitrogens with zero attached hydrogens (tertiary/aromatic N) is 3. The van der Waals surface area contributed by atoms with Crippen LogP contribution in [0.15, 0.2) is 122 Å². The Labute approximate surface area is 232 Å². The summed E-state index contributed by atoms with van der Waals surface area (Å²) in [7, 11) is 0. The van der Waals surface area contributed by atoms with Gasteiger partial charge in [0.05, 0.1) is 16.7 Å². The minimum absolute atomic E-state index is 0.454. The molecule has 3 nitrogen and oxygen atoms in total. The summed E-state index contributed by atoms with van der Waals surface area (Å²) in [6.45, 7) is 4.56. The summed E-state index contributed by atoms with van der Waals surface area (Å²) in [5, 5.41) is 10.1. The lowest BCUT2D eigenvalue weighted by molar-refractivity contribution is 0.877. The monoisotopic (exact) mass is 513 g/mol. The number of pyridine rings is 2. The van der Waals surface area contributed by atoms with Gasteiger partial charge in [0.2, 0.25) is 0 Å². The van der Waals surface area contributed by atoms with E-state index in [9.17, 15) is 0 Å². The molecule has 2 aromatic heterocycles. The van der Waals surface area contributed by atoms with E-state index in [0.29, 0.717) is 5.92 Å². The van der Waals surface area contributed by atoms with Gasteiger partial charge < -0.3 is 4.90 Å². The van der Waals surface area contributed by atoms with Crippen molar-refractivity contribution in [2.75, 3.05) is 4.90 Å². The van der Waals surface area contributed by atoms with Crippen LogP contribution < -0.4 is 4.90 Å². The number of aromatic nitrogens is 2. The molecule has 3 heteroatoms. The van der Waals surface area contributed by atoms with Gasteiger partial charge in [-0.15, -0.1) is 0 Å². The Bertz CT molecular complexity index is 2130. The number of hydrogen-bond donors (Lipinski definition) is 0. The molecule has 40 heavy (non-hydrogen) atoms. The van der Waals surface area contributed by atoms with Gasteiger partial charge in [0.25, 0.3) is 0 Å². The molecule has 0 aliphatic heterocycles. The van der Waals surface area contributed by atoms with Crippen molar-refractivity contribution in [3.63, 3.8) is 0 Å². The predicted molar refractivity (Wildman–Crippen MR) is 170 cm³/mol. The number of rotatable bonds is 4. The fourth-order valence-corrected chi connectivity index (χ4v) is 6.32. The topological polar surface area (TPSA) is 29.0 Å². The average molecular weight is 514 g/mol. The Morgan fingerprint density at radius 2 is 1.05 bits per heavy atom. The second kappa shape index (κ2) is 8.75. The van der Waals surface area contributed by atoms with E-state index in [4.69, 9.17) is 0 Å². The normalized spacial score (nSPS) is 12.0. The molecule has 0 fully saturated rings. The molecule has 190 valence electrons. The SMILES string of the molecule is CC(C)c1ccc2ccc3c(N(c4ccc5cccnc5c4)c4ccc5cccnc5c4)ccc4ccc1c2c43. The maximum absolute atomic E-state index is 4.68. The molecular weight excluding hydrogens is 486 g/mol. The van der Waals surface area contributed by atoms with Gasteiger partial charge in [-0.05, 0) is 80.9 Å². The predicted octanol–water partition coefficient (Wildman–Crippen LogP) is 10.3. The minimum Gasteiger partial charge on any atom is -0.310 e. The maximum Gasteiger partial charge on any atom is 0.0722 e. The summed E-state index contributed by atoms with van der Waals surface area (Å²) in [6.07, 6.45) is 3.72. The largest absolute Gasteiger partial charge is 0.310 e. The third-order valence-corrected chi connectivity index (χ3v) is 8.23. The van der Waals surface area contributed by atoms with E-state index in [-0.39, 0.29) is 0 Å². The quantitative estimate of drug-likeness (QED) is 0.219. The summed E-state index contributed by atoms with van der Waals surface area (Å²) in [5.41, 5.74) is 6.62. The molecule has 0 atom stereocenters. The zero-order valence-corrected chi connectivity index (χ0v) is 22.5. The Morgan fingerprint density at radius 3 is 1.68 bits per heavy atom. The van der Waals surface area contributed by atoms with Crippen LogP contribution in [0.1, 0.15) is 25.3 Å². The smallest absolute Gasteiger partial charge is 0.0722 e. The highest BCUT2D eigenvalue weighted by molar-refractivity contribution is 6.26. The molecule has 0 amide bonds. The van der Waals surface area contributed by atoms with Gasteiger partial charge >= 0.3 is 0 Å². The van der Waals surface area contributed by atoms with Crippen molar-refractivity contribution in [1.82, 2.24) is 9.97 Å². The van der Waals surface area contributed by atoms with Crippen LogP contribution in [0.3, 0.4) is 0 Å². The second-order valence-corrected chi connectivity index (χ2v) is 10.9. The number of hydrogen-bond acceptors (Lipinski definition) is 3. The molecule has 6 aromatic carbocycles. The lowest BCUT2D eigenvalue weighted by atomic mass is 9.88. The highest BCUT2D eigenvalue weighted by Gasteiger charge is 2.20. The van der Waals surface area contributed by atoms with Crippen LogP contribution in [0.4, 0.5) is 17.1 Å². The Kier molecular flexibility index (Phi) is 5.02. The standard InChI is InChI=1S/C37H27N3/c1-23(2)30-15-9-26-11-17-32-35(18-12-27-10-16-31(30)36(26)37(27)32)40(28-13-7-24-5-3-19-38-33(24)21-28)29-14-8-25-6-4-20-39-34(25)22-29/h3-23H,1-2H3. The van der Waals surface area contributed by atoms with Gasteiger partial charge in [0.15, 0.2) is 0 Å². The fraction of sp³-hybridized carbons (Fsp3) is 0.0811. The fourth-order valence-electron chi connectivity index (χ4n) is 6.32. The highest BCUT2D eigenvalue weighted by atomic mass is 15.1. The van der Waals surface area contributed by atoms with Crippen LogP contribution >= 0.6 is 0 Å². The van der Waals surface area contributed by atoms with Gasteiger partial charge in [-0.25, -0.2) is 0 Å². The molecule has 8 aromatic rings. The molecule has 0 saturated carbocycles. The maximum atomic E-state index is 4.68. The summed E-state index contributed by atoms with van der Waals surface area (Å²) in [6, 6.07) is 39.5. The lowest BCUT2D eigenvalue weighted by Crippen LogP contribution is -2.11. The summed E-state index contributed by atoms with van der Waals surface area (Å²) >= 11 is 0. The van der Waals surface area contributed by atoms with E-state index in [1.807, 2.05) is 24.5 Å². The van der Waals surface area contributed by atoms with E-state index in [0.717, 1.165) is 38.9 Å². The molecule has 0 unspecified atom stereocenters.